The largest absolute Gasteiger partial charge is 0.356 e. The van der Waals surface area contributed by atoms with Gasteiger partial charge in [-0.1, -0.05) is 18.3 Å². The van der Waals surface area contributed by atoms with Gasteiger partial charge in [0.15, 0.2) is 0 Å². The molecule has 0 aliphatic carbocycles. The predicted octanol–water partition coefficient (Wildman–Crippen LogP) is 0.687. The lowest BCUT2D eigenvalue weighted by Crippen LogP contribution is -2.27. The van der Waals surface area contributed by atoms with E-state index in [-0.39, 0.29) is 0 Å². The van der Waals surface area contributed by atoms with Gasteiger partial charge in [-0.05, 0) is 6.42 Å². The van der Waals surface area contributed by atoms with E-state index in [1.807, 2.05) is 0 Å². The van der Waals surface area contributed by atoms with E-state index in [0.29, 0.717) is 12.6 Å². The summed E-state index contributed by atoms with van der Waals surface area (Å²) in [6, 6.07) is 0.322. The monoisotopic (exact) mass is 172 g/mol. The molecule has 1 aromatic rings. The van der Waals surface area contributed by atoms with Gasteiger partial charge in [-0.2, -0.15) is 0 Å². The fourth-order valence-electron chi connectivity index (χ4n) is 0.738. The molecule has 62 valence electrons. The number of nitrogens with one attached hydrogen (secondary N) is 1. The predicted molar refractivity (Wildman–Crippen MR) is 46.7 cm³/mol. The first-order valence-corrected chi connectivity index (χ1v) is 4.47. The van der Waals surface area contributed by atoms with Gasteiger partial charge in [0.1, 0.15) is 5.51 Å². The highest BCUT2D eigenvalue weighted by Crippen LogP contribution is 2.10. The first-order chi connectivity index (χ1) is 5.36. The molecule has 0 saturated carbocycles. The van der Waals surface area contributed by atoms with E-state index in [2.05, 4.69) is 22.4 Å². The maximum atomic E-state index is 5.49. The van der Waals surface area contributed by atoms with E-state index in [0.717, 1.165) is 11.6 Å². The normalized spacial score (nSPS) is 12.9. The Bertz CT molecular complexity index is 182. The second kappa shape index (κ2) is 4.25. The van der Waals surface area contributed by atoms with Gasteiger partial charge in [0.05, 0.1) is 0 Å². The number of aromatic nitrogens is 2. The molecule has 0 bridgehead atoms. The molecule has 3 N–H and O–H groups in total. The fraction of sp³-hybridized carbons (Fsp3) is 0.667. The first kappa shape index (κ1) is 8.42. The number of nitrogens with two attached hydrogens (primary N) is 1. The molecule has 4 nitrogen and oxygen atoms in total. The fourth-order valence-corrected chi connectivity index (χ4v) is 1.26. The molecule has 11 heavy (non-hydrogen) atoms. The Morgan fingerprint density at radius 1 is 1.82 bits per heavy atom. The average Bonchev–Trinajstić information content (AvgIpc) is 2.52. The van der Waals surface area contributed by atoms with E-state index in [1.165, 1.54) is 11.3 Å². The van der Waals surface area contributed by atoms with Gasteiger partial charge in [-0.3, -0.25) is 0 Å². The molecule has 0 saturated heterocycles. The molecule has 0 fully saturated rings. The molecular formula is C6H12N4S. The molecule has 1 rings (SSSR count). The Balaban J connectivity index is 2.41. The smallest absolute Gasteiger partial charge is 0.205 e. The second-order valence-corrected chi connectivity index (χ2v) is 3.06. The van der Waals surface area contributed by atoms with Crippen molar-refractivity contribution in [2.75, 3.05) is 11.9 Å². The lowest BCUT2D eigenvalue weighted by molar-refractivity contribution is 0.701. The number of anilines is 1. The van der Waals surface area contributed by atoms with E-state index < -0.39 is 0 Å². The van der Waals surface area contributed by atoms with Gasteiger partial charge >= 0.3 is 0 Å². The van der Waals surface area contributed by atoms with Crippen molar-refractivity contribution in [1.82, 2.24) is 10.2 Å². The molecule has 1 unspecified atom stereocenters. The van der Waals surface area contributed by atoms with Crippen LogP contribution in [0.2, 0.25) is 0 Å². The summed E-state index contributed by atoms with van der Waals surface area (Å²) < 4.78 is 0. The standard InChI is InChI=1S/C6H12N4S/c1-2-5(3-7)9-6-10-8-4-11-6/h4-5H,2-3,7H2,1H3,(H,9,10). The molecule has 1 atom stereocenters. The Morgan fingerprint density at radius 2 is 2.64 bits per heavy atom. The SMILES string of the molecule is CCC(CN)Nc1nncs1. The maximum Gasteiger partial charge on any atom is 0.205 e. The first-order valence-electron chi connectivity index (χ1n) is 3.59. The van der Waals surface area contributed by atoms with Crippen molar-refractivity contribution in [3.63, 3.8) is 0 Å². The summed E-state index contributed by atoms with van der Waals surface area (Å²) in [7, 11) is 0. The minimum atomic E-state index is 0.322. The zero-order valence-electron chi connectivity index (χ0n) is 6.45. The van der Waals surface area contributed by atoms with Crippen LogP contribution < -0.4 is 11.1 Å². The van der Waals surface area contributed by atoms with Gasteiger partial charge in [-0.15, -0.1) is 10.2 Å². The topological polar surface area (TPSA) is 63.8 Å². The lowest BCUT2D eigenvalue weighted by Gasteiger charge is -2.11. The third-order valence-corrected chi connectivity index (χ3v) is 2.09. The van der Waals surface area contributed by atoms with Crippen molar-refractivity contribution in [3.8, 4) is 0 Å². The number of hydrogen-bond donors (Lipinski definition) is 2. The van der Waals surface area contributed by atoms with Gasteiger partial charge in [0.2, 0.25) is 5.13 Å². The quantitative estimate of drug-likeness (QED) is 0.701. The third kappa shape index (κ3) is 2.44. The summed E-state index contributed by atoms with van der Waals surface area (Å²) >= 11 is 1.49. The van der Waals surface area contributed by atoms with Crippen molar-refractivity contribution >= 4 is 16.5 Å². The van der Waals surface area contributed by atoms with Gasteiger partial charge in [0.25, 0.3) is 0 Å². The zero-order valence-corrected chi connectivity index (χ0v) is 7.27. The molecule has 5 heteroatoms. The van der Waals surface area contributed by atoms with Crippen LogP contribution in [0.3, 0.4) is 0 Å². The summed E-state index contributed by atoms with van der Waals surface area (Å²) in [5, 5.41) is 11.6. The number of rotatable bonds is 4. The molecule has 0 aromatic carbocycles. The van der Waals surface area contributed by atoms with Crippen molar-refractivity contribution in [3.05, 3.63) is 5.51 Å². The molecule has 0 amide bonds. The van der Waals surface area contributed by atoms with Crippen molar-refractivity contribution in [2.45, 2.75) is 19.4 Å². The van der Waals surface area contributed by atoms with E-state index >= 15 is 0 Å². The summed E-state index contributed by atoms with van der Waals surface area (Å²) in [5.74, 6) is 0. The highest BCUT2D eigenvalue weighted by atomic mass is 32.1. The Morgan fingerprint density at radius 3 is 3.09 bits per heavy atom. The molecule has 0 spiro atoms. The molecule has 0 aliphatic heterocycles. The Labute approximate surface area is 69.8 Å². The van der Waals surface area contributed by atoms with Gasteiger partial charge in [-0.25, -0.2) is 0 Å². The van der Waals surface area contributed by atoms with Crippen molar-refractivity contribution in [2.24, 2.45) is 5.73 Å². The minimum Gasteiger partial charge on any atom is -0.356 e. The van der Waals surface area contributed by atoms with Crippen LogP contribution in [0.5, 0.6) is 0 Å². The van der Waals surface area contributed by atoms with Crippen LogP contribution in [0.1, 0.15) is 13.3 Å². The van der Waals surface area contributed by atoms with Gasteiger partial charge < -0.3 is 11.1 Å². The van der Waals surface area contributed by atoms with Crippen LogP contribution in [0.25, 0.3) is 0 Å². The summed E-state index contributed by atoms with van der Waals surface area (Å²) in [4.78, 5) is 0. The summed E-state index contributed by atoms with van der Waals surface area (Å²) in [6.07, 6.45) is 1.01. The van der Waals surface area contributed by atoms with Gasteiger partial charge in [0, 0.05) is 12.6 Å². The molecule has 0 aliphatic rings. The maximum absolute atomic E-state index is 5.49. The summed E-state index contributed by atoms with van der Waals surface area (Å²) in [5.41, 5.74) is 7.19. The van der Waals surface area contributed by atoms with Crippen LogP contribution >= 0.6 is 11.3 Å². The van der Waals surface area contributed by atoms with E-state index in [1.54, 1.807) is 5.51 Å². The van der Waals surface area contributed by atoms with Crippen LogP contribution in [0, 0.1) is 0 Å². The minimum absolute atomic E-state index is 0.322. The highest BCUT2D eigenvalue weighted by molar-refractivity contribution is 7.13. The van der Waals surface area contributed by atoms with E-state index in [4.69, 9.17) is 5.73 Å². The highest BCUT2D eigenvalue weighted by Gasteiger charge is 2.04. The Hall–Kier alpha value is -0.680. The summed E-state index contributed by atoms with van der Waals surface area (Å²) in [6.45, 7) is 2.72. The molecule has 1 aromatic heterocycles. The number of nitrogens with zero attached hydrogens (tertiary/aromatic N) is 2. The zero-order chi connectivity index (χ0) is 8.10. The van der Waals surface area contributed by atoms with Crippen molar-refractivity contribution < 1.29 is 0 Å². The third-order valence-electron chi connectivity index (χ3n) is 1.46. The average molecular weight is 172 g/mol. The van der Waals surface area contributed by atoms with E-state index in [9.17, 15) is 0 Å². The molecule has 0 radical (unpaired) electrons. The van der Waals surface area contributed by atoms with Crippen LogP contribution in [0.4, 0.5) is 5.13 Å². The number of hydrogen-bond acceptors (Lipinski definition) is 5. The molecule has 1 heterocycles. The Kier molecular flexibility index (Phi) is 3.25. The molecular weight excluding hydrogens is 160 g/mol. The second-order valence-electron chi connectivity index (χ2n) is 2.23. The lowest BCUT2D eigenvalue weighted by atomic mass is 10.2. The van der Waals surface area contributed by atoms with Crippen LogP contribution in [-0.2, 0) is 0 Å². The van der Waals surface area contributed by atoms with Crippen LogP contribution in [0.15, 0.2) is 5.51 Å². The van der Waals surface area contributed by atoms with Crippen molar-refractivity contribution in [1.29, 1.82) is 0 Å². The van der Waals surface area contributed by atoms with Crippen LogP contribution in [-0.4, -0.2) is 22.8 Å².